The Hall–Kier alpha value is -1.35. The third-order valence-corrected chi connectivity index (χ3v) is 3.99. The highest BCUT2D eigenvalue weighted by Gasteiger charge is 2.26. The predicted octanol–water partition coefficient (Wildman–Crippen LogP) is 3.31. The number of benzene rings is 1. The van der Waals surface area contributed by atoms with Crippen molar-refractivity contribution >= 4 is 5.97 Å². The number of aliphatic carboxylic acids is 1. The summed E-state index contributed by atoms with van der Waals surface area (Å²) < 4.78 is 0. The van der Waals surface area contributed by atoms with Gasteiger partial charge in [0.15, 0.2) is 0 Å². The molecule has 1 fully saturated rings. The van der Waals surface area contributed by atoms with E-state index in [2.05, 4.69) is 36.9 Å². The number of carboxylic acids is 1. The quantitative estimate of drug-likeness (QED) is 0.884. The second-order valence-corrected chi connectivity index (χ2v) is 5.55. The fourth-order valence-corrected chi connectivity index (χ4v) is 3.00. The second-order valence-electron chi connectivity index (χ2n) is 5.55. The van der Waals surface area contributed by atoms with Gasteiger partial charge in [0.25, 0.3) is 0 Å². The Kier molecular flexibility index (Phi) is 4.59. The highest BCUT2D eigenvalue weighted by molar-refractivity contribution is 5.66. The van der Waals surface area contributed by atoms with E-state index in [9.17, 15) is 4.79 Å². The number of likely N-dealkylation sites (tertiary alicyclic amines) is 1. The SMILES string of the molecule is Cc1ccc(C)c(C2CCCN2CCCC(=O)O)c1. The van der Waals surface area contributed by atoms with Gasteiger partial charge >= 0.3 is 5.97 Å². The summed E-state index contributed by atoms with van der Waals surface area (Å²) in [7, 11) is 0. The van der Waals surface area contributed by atoms with Crippen molar-refractivity contribution < 1.29 is 9.90 Å². The molecule has 1 aliphatic rings. The molecule has 3 heteroatoms. The van der Waals surface area contributed by atoms with Crippen molar-refractivity contribution in [1.82, 2.24) is 4.90 Å². The van der Waals surface area contributed by atoms with Gasteiger partial charge in [-0.2, -0.15) is 0 Å². The van der Waals surface area contributed by atoms with Crippen LogP contribution in [-0.2, 0) is 4.79 Å². The molecular formula is C16H23NO2. The Labute approximate surface area is 115 Å². The lowest BCUT2D eigenvalue weighted by Crippen LogP contribution is -2.25. The Balaban J connectivity index is 2.05. The van der Waals surface area contributed by atoms with E-state index in [1.54, 1.807) is 0 Å². The monoisotopic (exact) mass is 261 g/mol. The summed E-state index contributed by atoms with van der Waals surface area (Å²) in [6.07, 6.45) is 3.43. The number of rotatable bonds is 5. The van der Waals surface area contributed by atoms with Gasteiger partial charge in [0, 0.05) is 12.5 Å². The standard InChI is InChI=1S/C16H23NO2/c1-12-7-8-13(2)14(11-12)15-5-3-9-17(15)10-4-6-16(18)19/h7-8,11,15H,3-6,9-10H2,1-2H3,(H,18,19). The van der Waals surface area contributed by atoms with E-state index < -0.39 is 5.97 Å². The van der Waals surface area contributed by atoms with Crippen molar-refractivity contribution in [3.05, 3.63) is 34.9 Å². The van der Waals surface area contributed by atoms with Crippen LogP contribution in [0.5, 0.6) is 0 Å². The first-order valence-corrected chi connectivity index (χ1v) is 7.11. The van der Waals surface area contributed by atoms with E-state index in [-0.39, 0.29) is 6.42 Å². The topological polar surface area (TPSA) is 40.5 Å². The van der Waals surface area contributed by atoms with Crippen molar-refractivity contribution in [3.63, 3.8) is 0 Å². The molecule has 1 saturated heterocycles. The number of carbonyl (C=O) groups is 1. The highest BCUT2D eigenvalue weighted by atomic mass is 16.4. The maximum absolute atomic E-state index is 10.6. The van der Waals surface area contributed by atoms with Crippen LogP contribution in [0.25, 0.3) is 0 Å². The smallest absolute Gasteiger partial charge is 0.303 e. The summed E-state index contributed by atoms with van der Waals surface area (Å²) in [5.41, 5.74) is 4.08. The van der Waals surface area contributed by atoms with Gasteiger partial charge in [0.1, 0.15) is 0 Å². The molecule has 0 spiro atoms. The van der Waals surface area contributed by atoms with E-state index in [0.29, 0.717) is 6.04 Å². The molecule has 19 heavy (non-hydrogen) atoms. The summed E-state index contributed by atoms with van der Waals surface area (Å²) in [6, 6.07) is 7.12. The lowest BCUT2D eigenvalue weighted by atomic mass is 9.97. The van der Waals surface area contributed by atoms with Crippen LogP contribution in [0.4, 0.5) is 0 Å². The first-order valence-electron chi connectivity index (χ1n) is 7.11. The minimum absolute atomic E-state index is 0.274. The molecule has 1 unspecified atom stereocenters. The summed E-state index contributed by atoms with van der Waals surface area (Å²) in [6.45, 7) is 6.29. The van der Waals surface area contributed by atoms with E-state index in [1.807, 2.05) is 0 Å². The van der Waals surface area contributed by atoms with E-state index in [4.69, 9.17) is 5.11 Å². The van der Waals surface area contributed by atoms with Gasteiger partial charge in [-0.3, -0.25) is 9.69 Å². The van der Waals surface area contributed by atoms with Gasteiger partial charge in [-0.15, -0.1) is 0 Å². The number of hydrogen-bond donors (Lipinski definition) is 1. The summed E-state index contributed by atoms with van der Waals surface area (Å²) >= 11 is 0. The average molecular weight is 261 g/mol. The van der Waals surface area contributed by atoms with Crippen LogP contribution in [0.15, 0.2) is 18.2 Å². The zero-order valence-electron chi connectivity index (χ0n) is 11.9. The lowest BCUT2D eigenvalue weighted by molar-refractivity contribution is -0.137. The van der Waals surface area contributed by atoms with Crippen LogP contribution in [-0.4, -0.2) is 29.1 Å². The summed E-state index contributed by atoms with van der Waals surface area (Å²) in [5.74, 6) is -0.692. The zero-order valence-corrected chi connectivity index (χ0v) is 11.9. The van der Waals surface area contributed by atoms with Gasteiger partial charge in [-0.1, -0.05) is 23.8 Å². The molecule has 1 atom stereocenters. The van der Waals surface area contributed by atoms with Crippen LogP contribution in [0.3, 0.4) is 0 Å². The van der Waals surface area contributed by atoms with Crippen LogP contribution < -0.4 is 0 Å². The Bertz CT molecular complexity index is 456. The number of hydrogen-bond acceptors (Lipinski definition) is 2. The third-order valence-electron chi connectivity index (χ3n) is 3.99. The molecule has 0 saturated carbocycles. The fourth-order valence-electron chi connectivity index (χ4n) is 3.00. The predicted molar refractivity (Wildman–Crippen MR) is 76.3 cm³/mol. The van der Waals surface area contributed by atoms with E-state index >= 15 is 0 Å². The molecular weight excluding hydrogens is 238 g/mol. The maximum Gasteiger partial charge on any atom is 0.303 e. The number of aryl methyl sites for hydroxylation is 2. The van der Waals surface area contributed by atoms with Crippen LogP contribution in [0, 0.1) is 13.8 Å². The molecule has 1 aromatic carbocycles. The van der Waals surface area contributed by atoms with Crippen molar-refractivity contribution in [3.8, 4) is 0 Å². The van der Waals surface area contributed by atoms with Gasteiger partial charge in [-0.05, 0) is 57.3 Å². The molecule has 0 aromatic heterocycles. The molecule has 1 aliphatic heterocycles. The van der Waals surface area contributed by atoms with Gasteiger partial charge in [-0.25, -0.2) is 0 Å². The van der Waals surface area contributed by atoms with Crippen LogP contribution >= 0.6 is 0 Å². The Morgan fingerprint density at radius 3 is 2.95 bits per heavy atom. The average Bonchev–Trinajstić information content (AvgIpc) is 2.80. The van der Waals surface area contributed by atoms with Gasteiger partial charge in [0.2, 0.25) is 0 Å². The molecule has 104 valence electrons. The molecule has 0 bridgehead atoms. The zero-order chi connectivity index (χ0) is 13.8. The fraction of sp³-hybridized carbons (Fsp3) is 0.562. The molecule has 1 aromatic rings. The number of nitrogens with zero attached hydrogens (tertiary/aromatic N) is 1. The Morgan fingerprint density at radius 1 is 1.42 bits per heavy atom. The van der Waals surface area contributed by atoms with Crippen molar-refractivity contribution in [2.45, 2.75) is 45.6 Å². The lowest BCUT2D eigenvalue weighted by Gasteiger charge is -2.26. The van der Waals surface area contributed by atoms with Crippen LogP contribution in [0.2, 0.25) is 0 Å². The normalized spacial score (nSPS) is 19.8. The molecule has 1 N–H and O–H groups in total. The third kappa shape index (κ3) is 3.57. The van der Waals surface area contributed by atoms with Gasteiger partial charge < -0.3 is 5.11 Å². The minimum atomic E-state index is -0.692. The first-order chi connectivity index (χ1) is 9.08. The summed E-state index contributed by atoms with van der Waals surface area (Å²) in [4.78, 5) is 13.1. The second kappa shape index (κ2) is 6.20. The van der Waals surface area contributed by atoms with Crippen LogP contribution in [0.1, 0.15) is 48.4 Å². The molecule has 1 heterocycles. The molecule has 0 radical (unpaired) electrons. The largest absolute Gasteiger partial charge is 0.481 e. The Morgan fingerprint density at radius 2 is 2.21 bits per heavy atom. The molecule has 2 rings (SSSR count). The molecule has 0 amide bonds. The van der Waals surface area contributed by atoms with Crippen molar-refractivity contribution in [1.29, 1.82) is 0 Å². The highest BCUT2D eigenvalue weighted by Crippen LogP contribution is 2.34. The van der Waals surface area contributed by atoms with E-state index in [1.165, 1.54) is 29.5 Å². The van der Waals surface area contributed by atoms with Crippen molar-refractivity contribution in [2.24, 2.45) is 0 Å². The summed E-state index contributed by atoms with van der Waals surface area (Å²) in [5, 5.41) is 8.73. The van der Waals surface area contributed by atoms with Gasteiger partial charge in [0.05, 0.1) is 0 Å². The first kappa shape index (κ1) is 14.1. The molecule has 0 aliphatic carbocycles. The van der Waals surface area contributed by atoms with E-state index in [0.717, 1.165) is 19.5 Å². The minimum Gasteiger partial charge on any atom is -0.481 e. The van der Waals surface area contributed by atoms with Crippen molar-refractivity contribution in [2.75, 3.05) is 13.1 Å². The maximum atomic E-state index is 10.6. The number of carboxylic acid groups (broad SMARTS) is 1. The molecule has 3 nitrogen and oxygen atoms in total.